The van der Waals surface area contributed by atoms with Crippen LogP contribution in [0.25, 0.3) is 0 Å². The summed E-state index contributed by atoms with van der Waals surface area (Å²) in [4.78, 5) is 0. The summed E-state index contributed by atoms with van der Waals surface area (Å²) >= 11 is 0. The van der Waals surface area contributed by atoms with Crippen LogP contribution in [0.1, 0.15) is 24.8 Å². The van der Waals surface area contributed by atoms with Crippen molar-refractivity contribution in [1.82, 2.24) is 0 Å². The lowest BCUT2D eigenvalue weighted by atomic mass is 10.2. The molecule has 156 valence electrons. The highest BCUT2D eigenvalue weighted by molar-refractivity contribution is 7.85. The molecule has 2 aromatic carbocycles. The molecule has 7 nitrogen and oxygen atoms in total. The first-order valence-corrected chi connectivity index (χ1v) is 10.7. The molecular formula is C20H29NO6S. The van der Waals surface area contributed by atoms with Crippen molar-refractivity contribution < 1.29 is 27.2 Å². The lowest BCUT2D eigenvalue weighted by Gasteiger charge is -2.11. The first-order valence-electron chi connectivity index (χ1n) is 8.90. The molecule has 0 atom stereocenters. The van der Waals surface area contributed by atoms with Crippen molar-refractivity contribution >= 4 is 15.8 Å². The SMILES string of the molecule is COc1cc(N)ccc1OCCCCCOCc1ccccc1.CS(=O)(=O)O. The third-order valence-electron chi connectivity index (χ3n) is 3.49. The predicted octanol–water partition coefficient (Wildman–Crippen LogP) is 3.55. The molecule has 0 radical (unpaired) electrons. The summed E-state index contributed by atoms with van der Waals surface area (Å²) in [5, 5.41) is 0. The number of anilines is 1. The fourth-order valence-electron chi connectivity index (χ4n) is 2.23. The summed E-state index contributed by atoms with van der Waals surface area (Å²) in [7, 11) is -2.05. The lowest BCUT2D eigenvalue weighted by molar-refractivity contribution is 0.116. The van der Waals surface area contributed by atoms with Gasteiger partial charge in [-0.25, -0.2) is 0 Å². The van der Waals surface area contributed by atoms with Gasteiger partial charge in [0.2, 0.25) is 0 Å². The molecule has 0 aliphatic carbocycles. The molecule has 28 heavy (non-hydrogen) atoms. The quantitative estimate of drug-likeness (QED) is 0.350. The van der Waals surface area contributed by atoms with Crippen LogP contribution in [0.15, 0.2) is 48.5 Å². The second kappa shape index (κ2) is 13.0. The zero-order chi connectivity index (χ0) is 20.8. The Morgan fingerprint density at radius 1 is 0.964 bits per heavy atom. The van der Waals surface area contributed by atoms with Gasteiger partial charge in [-0.2, -0.15) is 8.42 Å². The third kappa shape index (κ3) is 12.2. The average Bonchev–Trinajstić information content (AvgIpc) is 2.64. The second-order valence-electron chi connectivity index (χ2n) is 6.09. The Morgan fingerprint density at radius 2 is 1.61 bits per heavy atom. The molecule has 0 saturated carbocycles. The number of hydrogen-bond donors (Lipinski definition) is 2. The lowest BCUT2D eigenvalue weighted by Crippen LogP contribution is -2.01. The molecule has 0 bridgehead atoms. The summed E-state index contributed by atoms with van der Waals surface area (Å²) in [6, 6.07) is 15.7. The van der Waals surface area contributed by atoms with Crippen molar-refractivity contribution in [1.29, 1.82) is 0 Å². The van der Waals surface area contributed by atoms with Gasteiger partial charge >= 0.3 is 0 Å². The Labute approximate surface area is 167 Å². The zero-order valence-corrected chi connectivity index (χ0v) is 17.2. The van der Waals surface area contributed by atoms with E-state index in [4.69, 9.17) is 24.5 Å². The molecule has 0 amide bonds. The maximum Gasteiger partial charge on any atom is 0.261 e. The van der Waals surface area contributed by atoms with Crippen molar-refractivity contribution in [3.05, 3.63) is 54.1 Å². The van der Waals surface area contributed by atoms with Crippen molar-refractivity contribution in [2.75, 3.05) is 32.3 Å². The average molecular weight is 412 g/mol. The third-order valence-corrected chi connectivity index (χ3v) is 3.49. The van der Waals surface area contributed by atoms with Gasteiger partial charge in [0, 0.05) is 18.4 Å². The van der Waals surface area contributed by atoms with Crippen LogP contribution in [0, 0.1) is 0 Å². The van der Waals surface area contributed by atoms with Crippen molar-refractivity contribution in [2.24, 2.45) is 0 Å². The van der Waals surface area contributed by atoms with Gasteiger partial charge < -0.3 is 19.9 Å². The number of benzene rings is 2. The Morgan fingerprint density at radius 3 is 2.25 bits per heavy atom. The highest BCUT2D eigenvalue weighted by Crippen LogP contribution is 2.29. The molecule has 0 fully saturated rings. The van der Waals surface area contributed by atoms with Crippen LogP contribution in [-0.4, -0.2) is 39.5 Å². The molecule has 8 heteroatoms. The second-order valence-corrected chi connectivity index (χ2v) is 7.56. The summed E-state index contributed by atoms with van der Waals surface area (Å²) in [5.74, 6) is 1.42. The topological polar surface area (TPSA) is 108 Å². The summed E-state index contributed by atoms with van der Waals surface area (Å²) in [6.45, 7) is 2.12. The maximum atomic E-state index is 9.19. The summed E-state index contributed by atoms with van der Waals surface area (Å²) in [5.41, 5.74) is 7.60. The Balaban J connectivity index is 0.000000696. The molecule has 0 aromatic heterocycles. The molecule has 2 rings (SSSR count). The highest BCUT2D eigenvalue weighted by Gasteiger charge is 2.04. The van der Waals surface area contributed by atoms with Crippen LogP contribution < -0.4 is 15.2 Å². The minimum absolute atomic E-state index is 0.666. The molecule has 0 spiro atoms. The zero-order valence-electron chi connectivity index (χ0n) is 16.3. The molecule has 0 aliphatic rings. The fourth-order valence-corrected chi connectivity index (χ4v) is 2.23. The number of unbranched alkanes of at least 4 members (excludes halogenated alkanes) is 2. The van der Waals surface area contributed by atoms with E-state index in [2.05, 4.69) is 12.1 Å². The maximum absolute atomic E-state index is 9.19. The molecule has 2 aromatic rings. The number of nitrogen functional groups attached to an aromatic ring is 1. The molecule has 0 unspecified atom stereocenters. The predicted molar refractivity (Wildman–Crippen MR) is 110 cm³/mol. The van der Waals surface area contributed by atoms with E-state index in [-0.39, 0.29) is 0 Å². The van der Waals surface area contributed by atoms with Gasteiger partial charge in [0.05, 0.1) is 26.6 Å². The van der Waals surface area contributed by atoms with E-state index in [1.54, 1.807) is 13.2 Å². The summed E-state index contributed by atoms with van der Waals surface area (Å²) in [6.07, 6.45) is 3.82. The normalized spacial score (nSPS) is 10.7. The molecule has 0 saturated heterocycles. The monoisotopic (exact) mass is 411 g/mol. The largest absolute Gasteiger partial charge is 0.493 e. The molecule has 3 N–H and O–H groups in total. The van der Waals surface area contributed by atoms with Gasteiger partial charge in [-0.05, 0) is 37.0 Å². The van der Waals surface area contributed by atoms with E-state index < -0.39 is 10.1 Å². The minimum atomic E-state index is -3.67. The van der Waals surface area contributed by atoms with E-state index in [1.165, 1.54) is 5.56 Å². The smallest absolute Gasteiger partial charge is 0.261 e. The molecule has 0 heterocycles. The van der Waals surface area contributed by atoms with Crippen LogP contribution in [0.3, 0.4) is 0 Å². The number of ether oxygens (including phenoxy) is 3. The number of hydrogen-bond acceptors (Lipinski definition) is 6. The van der Waals surface area contributed by atoms with Crippen LogP contribution in [0.5, 0.6) is 11.5 Å². The Hall–Kier alpha value is -2.29. The van der Waals surface area contributed by atoms with Gasteiger partial charge in [-0.1, -0.05) is 30.3 Å². The molecular weight excluding hydrogens is 382 g/mol. The fraction of sp³-hybridized carbons (Fsp3) is 0.400. The van der Waals surface area contributed by atoms with Crippen LogP contribution in [0.2, 0.25) is 0 Å². The van der Waals surface area contributed by atoms with Crippen molar-refractivity contribution in [3.8, 4) is 11.5 Å². The summed E-state index contributed by atoms with van der Waals surface area (Å²) < 4.78 is 42.5. The van der Waals surface area contributed by atoms with E-state index in [0.717, 1.165) is 31.6 Å². The van der Waals surface area contributed by atoms with E-state index in [9.17, 15) is 8.42 Å². The number of rotatable bonds is 10. The first-order chi connectivity index (χ1) is 13.3. The van der Waals surface area contributed by atoms with Crippen molar-refractivity contribution in [2.45, 2.75) is 25.9 Å². The van der Waals surface area contributed by atoms with Crippen LogP contribution >= 0.6 is 0 Å². The van der Waals surface area contributed by atoms with Crippen LogP contribution in [-0.2, 0) is 21.5 Å². The standard InChI is InChI=1S/C19H25NO3.CH4O3S/c1-21-19-14-17(20)10-11-18(19)23-13-7-3-6-12-22-15-16-8-4-2-5-9-16;1-5(2,3)4/h2,4-5,8-11,14H,3,6-7,12-13,15,20H2,1H3;1H3,(H,2,3,4). The van der Waals surface area contributed by atoms with Gasteiger partial charge in [0.1, 0.15) is 0 Å². The van der Waals surface area contributed by atoms with E-state index >= 15 is 0 Å². The molecule has 0 aliphatic heterocycles. The van der Waals surface area contributed by atoms with Gasteiger partial charge in [0.25, 0.3) is 10.1 Å². The first kappa shape index (κ1) is 23.7. The van der Waals surface area contributed by atoms with Gasteiger partial charge in [-0.15, -0.1) is 0 Å². The minimum Gasteiger partial charge on any atom is -0.493 e. The van der Waals surface area contributed by atoms with Gasteiger partial charge in [0.15, 0.2) is 11.5 Å². The van der Waals surface area contributed by atoms with E-state index in [1.807, 2.05) is 30.3 Å². The van der Waals surface area contributed by atoms with Crippen molar-refractivity contribution in [3.63, 3.8) is 0 Å². The number of methoxy groups -OCH3 is 1. The number of nitrogens with two attached hydrogens (primary N) is 1. The van der Waals surface area contributed by atoms with E-state index in [0.29, 0.717) is 30.9 Å². The highest BCUT2D eigenvalue weighted by atomic mass is 32.2. The Kier molecular flexibility index (Phi) is 11.0. The van der Waals surface area contributed by atoms with Gasteiger partial charge in [-0.3, -0.25) is 4.55 Å². The van der Waals surface area contributed by atoms with Crippen LogP contribution in [0.4, 0.5) is 5.69 Å². The Bertz CT molecular complexity index is 773.